The van der Waals surface area contributed by atoms with E-state index in [1.165, 1.54) is 5.56 Å². The van der Waals surface area contributed by atoms with Gasteiger partial charge in [-0.05, 0) is 84.2 Å². The highest BCUT2D eigenvalue weighted by Crippen LogP contribution is 2.29. The van der Waals surface area contributed by atoms with Crippen LogP contribution >= 0.6 is 22.6 Å². The minimum atomic E-state index is -0.426. The van der Waals surface area contributed by atoms with Gasteiger partial charge in [0.25, 0.3) is 0 Å². The number of oxime groups is 1. The third kappa shape index (κ3) is 3.45. The van der Waals surface area contributed by atoms with Gasteiger partial charge in [0.2, 0.25) is 0 Å². The number of benzene rings is 2. The molecule has 1 aliphatic carbocycles. The van der Waals surface area contributed by atoms with Crippen LogP contribution in [-0.2, 0) is 11.3 Å². The Morgan fingerprint density at radius 1 is 1.21 bits per heavy atom. The molecule has 5 heteroatoms. The fourth-order valence-electron chi connectivity index (χ4n) is 2.87. The summed E-state index contributed by atoms with van der Waals surface area (Å²) in [5.74, 6) is 0.454. The van der Waals surface area contributed by atoms with Gasteiger partial charge in [0.15, 0.2) is 0 Å². The highest BCUT2D eigenvalue weighted by Gasteiger charge is 2.19. The van der Waals surface area contributed by atoms with Crippen molar-refractivity contribution in [2.24, 2.45) is 5.16 Å². The second-order valence-corrected chi connectivity index (χ2v) is 6.89. The molecule has 0 saturated heterocycles. The number of nitrogens with zero attached hydrogens (tertiary/aromatic N) is 1. The van der Waals surface area contributed by atoms with Crippen LogP contribution < -0.4 is 4.74 Å². The van der Waals surface area contributed by atoms with Crippen LogP contribution in [0, 0.1) is 10.5 Å². The van der Waals surface area contributed by atoms with Crippen molar-refractivity contribution in [3.8, 4) is 5.75 Å². The van der Waals surface area contributed by atoms with E-state index in [1.807, 2.05) is 25.1 Å². The van der Waals surface area contributed by atoms with Crippen LogP contribution in [0.5, 0.6) is 5.75 Å². The van der Waals surface area contributed by atoms with Crippen LogP contribution in [0.4, 0.5) is 0 Å². The maximum absolute atomic E-state index is 12.2. The molecule has 1 aliphatic rings. The predicted octanol–water partition coefficient (Wildman–Crippen LogP) is 4.51. The molecule has 124 valence electrons. The van der Waals surface area contributed by atoms with E-state index in [2.05, 4.69) is 39.9 Å². The lowest BCUT2D eigenvalue weighted by molar-refractivity contribution is 0.0514. The molecule has 0 radical (unpaired) electrons. The molecule has 0 saturated carbocycles. The Hall–Kier alpha value is -1.89. The number of halogens is 1. The van der Waals surface area contributed by atoms with E-state index in [1.54, 1.807) is 13.2 Å². The van der Waals surface area contributed by atoms with Gasteiger partial charge in [-0.25, -0.2) is 4.79 Å². The lowest BCUT2D eigenvalue weighted by atomic mass is 9.88. The third-order valence-electron chi connectivity index (χ3n) is 4.12. The maximum atomic E-state index is 12.2. The molecule has 0 atom stereocenters. The number of methoxy groups -OCH3 is 1. The fraction of sp³-hybridized carbons (Fsp3) is 0.263. The van der Waals surface area contributed by atoms with E-state index < -0.39 is 5.97 Å². The number of carbonyl (C=O) groups is 1. The monoisotopic (exact) mass is 435 g/mol. The van der Waals surface area contributed by atoms with Crippen molar-refractivity contribution in [2.75, 3.05) is 7.11 Å². The number of hydrogen-bond donors (Lipinski definition) is 0. The lowest BCUT2D eigenvalue weighted by Crippen LogP contribution is -2.14. The van der Waals surface area contributed by atoms with Crippen molar-refractivity contribution in [3.63, 3.8) is 0 Å². The van der Waals surface area contributed by atoms with Crippen molar-refractivity contribution in [1.82, 2.24) is 0 Å². The summed E-state index contributed by atoms with van der Waals surface area (Å²) in [7, 11) is 1.68. The van der Waals surface area contributed by atoms with E-state index in [9.17, 15) is 4.79 Å². The Morgan fingerprint density at radius 3 is 2.75 bits per heavy atom. The van der Waals surface area contributed by atoms with E-state index in [4.69, 9.17) is 9.57 Å². The molecular weight excluding hydrogens is 417 g/mol. The van der Waals surface area contributed by atoms with Gasteiger partial charge in [-0.15, -0.1) is 0 Å². The molecule has 2 aromatic carbocycles. The normalized spacial score (nSPS) is 15.0. The summed E-state index contributed by atoms with van der Waals surface area (Å²) < 4.78 is 6.24. The molecule has 0 heterocycles. The third-order valence-corrected chi connectivity index (χ3v) is 5.06. The van der Waals surface area contributed by atoms with Crippen LogP contribution in [0.15, 0.2) is 41.6 Å². The standard InChI is InChI=1S/C19H18INO3/c1-12-10-15-13(11-18(12)23-2)6-5-9-17(15)21-24-19(22)14-7-3-4-8-16(14)20/h3-4,7-8,10-11H,5-6,9H2,1-2H3. The molecule has 0 unspecified atom stereocenters. The summed E-state index contributed by atoms with van der Waals surface area (Å²) in [6.45, 7) is 2.00. The zero-order valence-corrected chi connectivity index (χ0v) is 15.8. The number of hydrogen-bond acceptors (Lipinski definition) is 4. The molecular formula is C19H18INO3. The largest absolute Gasteiger partial charge is 0.496 e. The van der Waals surface area contributed by atoms with Gasteiger partial charge < -0.3 is 9.57 Å². The number of ether oxygens (including phenoxy) is 1. The predicted molar refractivity (Wildman–Crippen MR) is 102 cm³/mol. The van der Waals surface area contributed by atoms with Crippen LogP contribution in [0.3, 0.4) is 0 Å². The van der Waals surface area contributed by atoms with E-state index >= 15 is 0 Å². The molecule has 0 spiro atoms. The number of rotatable bonds is 3. The quantitative estimate of drug-likeness (QED) is 0.405. The summed E-state index contributed by atoms with van der Waals surface area (Å²) >= 11 is 2.12. The minimum absolute atomic E-state index is 0.426. The van der Waals surface area contributed by atoms with Crippen molar-refractivity contribution in [3.05, 3.63) is 62.2 Å². The van der Waals surface area contributed by atoms with Gasteiger partial charge in [-0.3, -0.25) is 0 Å². The van der Waals surface area contributed by atoms with E-state index in [0.29, 0.717) is 5.56 Å². The molecule has 0 fully saturated rings. The van der Waals surface area contributed by atoms with Crippen LogP contribution in [0.1, 0.15) is 39.9 Å². The first-order valence-corrected chi connectivity index (χ1v) is 8.88. The zero-order chi connectivity index (χ0) is 17.1. The summed E-state index contributed by atoms with van der Waals surface area (Å²) in [5, 5.41) is 4.16. The van der Waals surface area contributed by atoms with Gasteiger partial charge in [0, 0.05) is 9.13 Å². The molecule has 4 nitrogen and oxygen atoms in total. The first-order chi connectivity index (χ1) is 11.6. The summed E-state index contributed by atoms with van der Waals surface area (Å²) in [6.07, 6.45) is 2.77. The molecule has 3 rings (SSSR count). The van der Waals surface area contributed by atoms with Crippen molar-refractivity contribution >= 4 is 34.3 Å². The Kier molecular flexibility index (Phi) is 5.18. The number of aryl methyl sites for hydroxylation is 2. The van der Waals surface area contributed by atoms with Crippen LogP contribution in [-0.4, -0.2) is 18.8 Å². The molecule has 24 heavy (non-hydrogen) atoms. The topological polar surface area (TPSA) is 47.9 Å². The lowest BCUT2D eigenvalue weighted by Gasteiger charge is -2.19. The van der Waals surface area contributed by atoms with Gasteiger partial charge >= 0.3 is 5.97 Å². The molecule has 0 aromatic heterocycles. The van der Waals surface area contributed by atoms with Crippen LogP contribution in [0.25, 0.3) is 0 Å². The minimum Gasteiger partial charge on any atom is -0.496 e. The highest BCUT2D eigenvalue weighted by molar-refractivity contribution is 14.1. The van der Waals surface area contributed by atoms with Crippen molar-refractivity contribution in [1.29, 1.82) is 0 Å². The zero-order valence-electron chi connectivity index (χ0n) is 13.6. The second-order valence-electron chi connectivity index (χ2n) is 5.73. The Morgan fingerprint density at radius 2 is 2.00 bits per heavy atom. The van der Waals surface area contributed by atoms with Gasteiger partial charge in [0.1, 0.15) is 5.75 Å². The first kappa shape index (κ1) is 17.0. The average molecular weight is 435 g/mol. The summed E-state index contributed by atoms with van der Waals surface area (Å²) in [5.41, 5.74) is 4.64. The van der Waals surface area contributed by atoms with Crippen molar-refractivity contribution in [2.45, 2.75) is 26.2 Å². The van der Waals surface area contributed by atoms with E-state index in [-0.39, 0.29) is 0 Å². The van der Waals surface area contributed by atoms with Gasteiger partial charge in [0.05, 0.1) is 18.4 Å². The van der Waals surface area contributed by atoms with Gasteiger partial charge in [-0.1, -0.05) is 17.3 Å². The van der Waals surface area contributed by atoms with Crippen LogP contribution in [0.2, 0.25) is 0 Å². The van der Waals surface area contributed by atoms with E-state index in [0.717, 1.165) is 45.4 Å². The Balaban J connectivity index is 1.87. The summed E-state index contributed by atoms with van der Waals surface area (Å²) in [4.78, 5) is 17.4. The number of fused-ring (bicyclic) bond motifs is 1. The molecule has 0 amide bonds. The molecule has 2 aromatic rings. The van der Waals surface area contributed by atoms with Crippen molar-refractivity contribution < 1.29 is 14.4 Å². The highest BCUT2D eigenvalue weighted by atomic mass is 127. The second kappa shape index (κ2) is 7.34. The first-order valence-electron chi connectivity index (χ1n) is 7.80. The summed E-state index contributed by atoms with van der Waals surface area (Å²) in [6, 6.07) is 11.4. The average Bonchev–Trinajstić information content (AvgIpc) is 2.59. The Bertz CT molecular complexity index is 814. The molecule has 0 bridgehead atoms. The molecule has 0 aliphatic heterocycles. The Labute approximate surface area is 155 Å². The van der Waals surface area contributed by atoms with Gasteiger partial charge in [-0.2, -0.15) is 0 Å². The molecule has 0 N–H and O–H groups in total. The SMILES string of the molecule is COc1cc2c(cc1C)C(=NOC(=O)c1ccccc1I)CCC2. The maximum Gasteiger partial charge on any atom is 0.366 e. The number of carbonyl (C=O) groups excluding carboxylic acids is 1. The fourth-order valence-corrected chi connectivity index (χ4v) is 3.48. The smallest absolute Gasteiger partial charge is 0.366 e.